The van der Waals surface area contributed by atoms with Gasteiger partial charge in [-0.15, -0.1) is 0 Å². The van der Waals surface area contributed by atoms with Gasteiger partial charge in [0.25, 0.3) is 5.91 Å². The highest BCUT2D eigenvalue weighted by atomic mass is 16.2. The van der Waals surface area contributed by atoms with Crippen LogP contribution >= 0.6 is 0 Å². The first-order chi connectivity index (χ1) is 16.7. The van der Waals surface area contributed by atoms with Crippen molar-refractivity contribution < 1.29 is 9.59 Å². The molecule has 3 aromatic rings. The standard InChI is InChI=1S/C29H34N4O2/c1-21-5-11-24(12-6-21)30-28(35)31-25-13-15-26(16-14-25)32-17-19-33(20-18-32)27(34)22-7-9-23(10-8-22)29(2,3)4/h5-16H,17-20H2,1-4H3,(H2,30,31,35). The van der Waals surface area contributed by atoms with Crippen LogP contribution in [0.15, 0.2) is 72.8 Å². The van der Waals surface area contributed by atoms with Gasteiger partial charge in [-0.2, -0.15) is 0 Å². The lowest BCUT2D eigenvalue weighted by atomic mass is 9.86. The highest BCUT2D eigenvalue weighted by Crippen LogP contribution is 2.24. The van der Waals surface area contributed by atoms with Crippen LogP contribution in [0, 0.1) is 6.92 Å². The molecule has 0 atom stereocenters. The van der Waals surface area contributed by atoms with Gasteiger partial charge in [-0.05, 0) is 66.4 Å². The van der Waals surface area contributed by atoms with Gasteiger partial charge in [0.15, 0.2) is 0 Å². The molecule has 2 N–H and O–H groups in total. The van der Waals surface area contributed by atoms with Crippen molar-refractivity contribution in [3.8, 4) is 0 Å². The Morgan fingerprint density at radius 2 is 1.23 bits per heavy atom. The minimum absolute atomic E-state index is 0.0726. The van der Waals surface area contributed by atoms with E-state index in [0.717, 1.165) is 41.3 Å². The Labute approximate surface area is 207 Å². The summed E-state index contributed by atoms with van der Waals surface area (Å²) in [6.45, 7) is 11.4. The van der Waals surface area contributed by atoms with Crippen molar-refractivity contribution in [2.24, 2.45) is 0 Å². The van der Waals surface area contributed by atoms with Gasteiger partial charge in [0.05, 0.1) is 0 Å². The second-order valence-electron chi connectivity index (χ2n) is 10.1. The molecule has 0 spiro atoms. The molecule has 1 saturated heterocycles. The number of hydrogen-bond acceptors (Lipinski definition) is 3. The van der Waals surface area contributed by atoms with Crippen LogP contribution in [0.4, 0.5) is 21.9 Å². The fourth-order valence-corrected chi connectivity index (χ4v) is 4.15. The number of carbonyl (C=O) groups excluding carboxylic acids is 2. The predicted octanol–water partition coefficient (Wildman–Crippen LogP) is 5.90. The van der Waals surface area contributed by atoms with E-state index in [1.165, 1.54) is 5.56 Å². The lowest BCUT2D eigenvalue weighted by molar-refractivity contribution is 0.0746. The van der Waals surface area contributed by atoms with E-state index < -0.39 is 0 Å². The van der Waals surface area contributed by atoms with Crippen LogP contribution in [0.25, 0.3) is 0 Å². The molecule has 1 aliphatic heterocycles. The molecule has 3 aromatic carbocycles. The molecular weight excluding hydrogens is 436 g/mol. The van der Waals surface area contributed by atoms with Crippen LogP contribution in [0.5, 0.6) is 0 Å². The van der Waals surface area contributed by atoms with Gasteiger partial charge in [0.2, 0.25) is 0 Å². The lowest BCUT2D eigenvalue weighted by Gasteiger charge is -2.36. The molecule has 3 amide bonds. The van der Waals surface area contributed by atoms with Crippen molar-refractivity contribution in [3.63, 3.8) is 0 Å². The Hall–Kier alpha value is -3.80. The van der Waals surface area contributed by atoms with Gasteiger partial charge in [0, 0.05) is 48.8 Å². The molecular formula is C29H34N4O2. The first-order valence-electron chi connectivity index (χ1n) is 12.1. The molecule has 1 heterocycles. The Balaban J connectivity index is 1.28. The van der Waals surface area contributed by atoms with E-state index >= 15 is 0 Å². The number of piperazine rings is 1. The Bertz CT molecular complexity index is 1160. The van der Waals surface area contributed by atoms with Crippen LogP contribution in [0.2, 0.25) is 0 Å². The van der Waals surface area contributed by atoms with Gasteiger partial charge >= 0.3 is 6.03 Å². The number of aryl methyl sites for hydroxylation is 1. The summed E-state index contributed by atoms with van der Waals surface area (Å²) in [7, 11) is 0. The molecule has 4 rings (SSSR count). The maximum absolute atomic E-state index is 13.0. The number of anilines is 3. The fraction of sp³-hybridized carbons (Fsp3) is 0.310. The van der Waals surface area contributed by atoms with Crippen molar-refractivity contribution in [2.45, 2.75) is 33.1 Å². The average molecular weight is 471 g/mol. The SMILES string of the molecule is Cc1ccc(NC(=O)Nc2ccc(N3CCN(C(=O)c4ccc(C(C)(C)C)cc4)CC3)cc2)cc1. The summed E-state index contributed by atoms with van der Waals surface area (Å²) in [5.74, 6) is 0.0873. The monoisotopic (exact) mass is 470 g/mol. The highest BCUT2D eigenvalue weighted by Gasteiger charge is 2.23. The molecule has 182 valence electrons. The maximum atomic E-state index is 13.0. The molecule has 1 aliphatic rings. The summed E-state index contributed by atoms with van der Waals surface area (Å²) >= 11 is 0. The average Bonchev–Trinajstić information content (AvgIpc) is 2.85. The van der Waals surface area contributed by atoms with Crippen LogP contribution in [0.1, 0.15) is 42.3 Å². The normalized spacial score (nSPS) is 13.9. The number of nitrogens with zero attached hydrogens (tertiary/aromatic N) is 2. The van der Waals surface area contributed by atoms with Crippen LogP contribution in [0.3, 0.4) is 0 Å². The third-order valence-electron chi connectivity index (χ3n) is 6.36. The van der Waals surface area contributed by atoms with E-state index in [0.29, 0.717) is 13.1 Å². The Morgan fingerprint density at radius 1 is 0.714 bits per heavy atom. The van der Waals surface area contributed by atoms with Gasteiger partial charge in [-0.1, -0.05) is 50.6 Å². The smallest absolute Gasteiger partial charge is 0.323 e. The number of urea groups is 1. The van der Waals surface area contributed by atoms with Gasteiger partial charge in [0.1, 0.15) is 0 Å². The second-order valence-corrected chi connectivity index (χ2v) is 10.1. The van der Waals surface area contributed by atoms with Crippen LogP contribution in [-0.4, -0.2) is 43.0 Å². The topological polar surface area (TPSA) is 64.7 Å². The molecule has 6 nitrogen and oxygen atoms in total. The van der Waals surface area contributed by atoms with E-state index in [9.17, 15) is 9.59 Å². The Morgan fingerprint density at radius 3 is 1.74 bits per heavy atom. The number of carbonyl (C=O) groups is 2. The van der Waals surface area contributed by atoms with E-state index in [-0.39, 0.29) is 17.4 Å². The maximum Gasteiger partial charge on any atom is 0.323 e. The summed E-state index contributed by atoms with van der Waals surface area (Å²) in [5, 5.41) is 5.70. The van der Waals surface area contributed by atoms with Crippen LogP contribution < -0.4 is 15.5 Å². The highest BCUT2D eigenvalue weighted by molar-refractivity contribution is 5.99. The second kappa shape index (κ2) is 10.2. The fourth-order valence-electron chi connectivity index (χ4n) is 4.15. The van der Waals surface area contributed by atoms with Crippen LogP contribution in [-0.2, 0) is 5.41 Å². The number of rotatable bonds is 4. The first kappa shape index (κ1) is 24.3. The summed E-state index contributed by atoms with van der Waals surface area (Å²) < 4.78 is 0. The largest absolute Gasteiger partial charge is 0.368 e. The molecule has 0 radical (unpaired) electrons. The van der Waals surface area contributed by atoms with Crippen molar-refractivity contribution in [3.05, 3.63) is 89.5 Å². The molecule has 35 heavy (non-hydrogen) atoms. The van der Waals surface area contributed by atoms with Crippen molar-refractivity contribution in [1.82, 2.24) is 4.90 Å². The van der Waals surface area contributed by atoms with E-state index in [1.807, 2.05) is 72.5 Å². The molecule has 0 aromatic heterocycles. The molecule has 6 heteroatoms. The zero-order chi connectivity index (χ0) is 25.0. The number of nitrogens with one attached hydrogen (secondary N) is 2. The van der Waals surface area contributed by atoms with E-state index in [1.54, 1.807) is 0 Å². The van der Waals surface area contributed by atoms with Gasteiger partial charge in [-0.25, -0.2) is 4.79 Å². The predicted molar refractivity (Wildman–Crippen MR) is 144 cm³/mol. The zero-order valence-corrected chi connectivity index (χ0v) is 21.0. The minimum Gasteiger partial charge on any atom is -0.368 e. The third-order valence-corrected chi connectivity index (χ3v) is 6.36. The molecule has 0 unspecified atom stereocenters. The molecule has 0 saturated carbocycles. The summed E-state index contributed by atoms with van der Waals surface area (Å²) in [6, 6.07) is 23.2. The van der Waals surface area contributed by atoms with E-state index in [4.69, 9.17) is 0 Å². The molecule has 0 bridgehead atoms. The van der Waals surface area contributed by atoms with Crippen molar-refractivity contribution >= 4 is 29.0 Å². The number of hydrogen-bond donors (Lipinski definition) is 2. The first-order valence-corrected chi connectivity index (χ1v) is 12.1. The van der Waals surface area contributed by atoms with Crippen molar-refractivity contribution in [2.75, 3.05) is 41.7 Å². The zero-order valence-electron chi connectivity index (χ0n) is 21.0. The number of amides is 3. The minimum atomic E-state index is -0.274. The van der Waals surface area contributed by atoms with Gasteiger partial charge in [-0.3, -0.25) is 4.79 Å². The number of benzene rings is 3. The molecule has 1 fully saturated rings. The van der Waals surface area contributed by atoms with E-state index in [2.05, 4.69) is 48.4 Å². The Kier molecular flexibility index (Phi) is 7.10. The van der Waals surface area contributed by atoms with Gasteiger partial charge < -0.3 is 20.4 Å². The summed E-state index contributed by atoms with van der Waals surface area (Å²) in [5.41, 5.74) is 5.74. The lowest BCUT2D eigenvalue weighted by Crippen LogP contribution is -2.48. The van der Waals surface area contributed by atoms with Crippen molar-refractivity contribution in [1.29, 1.82) is 0 Å². The summed E-state index contributed by atoms with van der Waals surface area (Å²) in [6.07, 6.45) is 0. The summed E-state index contributed by atoms with van der Waals surface area (Å²) in [4.78, 5) is 29.4. The third kappa shape index (κ3) is 6.21. The molecule has 0 aliphatic carbocycles. The quantitative estimate of drug-likeness (QED) is 0.499.